The Morgan fingerprint density at radius 1 is 1.67 bits per heavy atom. The van der Waals surface area contributed by atoms with Crippen LogP contribution in [-0.4, -0.2) is 25.2 Å². The van der Waals surface area contributed by atoms with Crippen molar-refractivity contribution in [2.24, 2.45) is 11.1 Å². The molecule has 1 heterocycles. The van der Waals surface area contributed by atoms with E-state index in [1.165, 1.54) is 0 Å². The summed E-state index contributed by atoms with van der Waals surface area (Å²) < 4.78 is 6.27. The van der Waals surface area contributed by atoms with Crippen molar-refractivity contribution in [1.29, 1.82) is 0 Å². The van der Waals surface area contributed by atoms with Gasteiger partial charge in [-0.05, 0) is 24.6 Å². The van der Waals surface area contributed by atoms with Crippen molar-refractivity contribution >= 4 is 21.8 Å². The van der Waals surface area contributed by atoms with E-state index in [-0.39, 0.29) is 11.9 Å². The van der Waals surface area contributed by atoms with Crippen LogP contribution in [0.15, 0.2) is 28.7 Å². The van der Waals surface area contributed by atoms with Gasteiger partial charge in [-0.3, -0.25) is 4.79 Å². The maximum Gasteiger partial charge on any atom is 0.230 e. The van der Waals surface area contributed by atoms with E-state index >= 15 is 0 Å². The van der Waals surface area contributed by atoms with Crippen LogP contribution in [0, 0.1) is 5.41 Å². The fourth-order valence-corrected chi connectivity index (χ4v) is 2.40. The van der Waals surface area contributed by atoms with E-state index in [1.807, 2.05) is 31.2 Å². The van der Waals surface area contributed by atoms with Crippen LogP contribution >= 0.6 is 15.9 Å². The minimum atomic E-state index is -0.619. The molecule has 98 valence electrons. The second-order valence-corrected chi connectivity index (χ2v) is 5.77. The van der Waals surface area contributed by atoms with Gasteiger partial charge in [-0.1, -0.05) is 28.1 Å². The van der Waals surface area contributed by atoms with Crippen molar-refractivity contribution in [2.75, 3.05) is 13.2 Å². The third-order valence-corrected chi connectivity index (χ3v) is 3.87. The molecule has 2 rings (SSSR count). The van der Waals surface area contributed by atoms with Gasteiger partial charge >= 0.3 is 0 Å². The molecular weight excluding hydrogens is 296 g/mol. The maximum atomic E-state index is 12.2. The molecule has 1 fully saturated rings. The number of carbonyl (C=O) groups is 1. The predicted molar refractivity (Wildman–Crippen MR) is 72.9 cm³/mol. The molecule has 3 N–H and O–H groups in total. The number of hydrogen-bond acceptors (Lipinski definition) is 3. The molecule has 0 radical (unpaired) electrons. The number of ether oxygens (including phenoxy) is 1. The van der Waals surface area contributed by atoms with Gasteiger partial charge in [0.05, 0.1) is 18.6 Å². The van der Waals surface area contributed by atoms with Crippen molar-refractivity contribution < 1.29 is 9.53 Å². The first kappa shape index (κ1) is 13.5. The summed E-state index contributed by atoms with van der Waals surface area (Å²) in [5, 5.41) is 2.92. The Bertz CT molecular complexity index is 452. The summed E-state index contributed by atoms with van der Waals surface area (Å²) in [6, 6.07) is 7.61. The summed E-state index contributed by atoms with van der Waals surface area (Å²) >= 11 is 3.40. The predicted octanol–water partition coefficient (Wildman–Crippen LogP) is 1.43. The third kappa shape index (κ3) is 2.74. The van der Waals surface area contributed by atoms with Gasteiger partial charge in [0.15, 0.2) is 0 Å². The Morgan fingerprint density at radius 2 is 2.44 bits per heavy atom. The summed E-state index contributed by atoms with van der Waals surface area (Å²) in [6.45, 7) is 3.18. The molecule has 4 nitrogen and oxygen atoms in total. The second kappa shape index (κ2) is 5.38. The van der Waals surface area contributed by atoms with E-state index in [0.717, 1.165) is 10.0 Å². The van der Waals surface area contributed by atoms with E-state index in [4.69, 9.17) is 10.5 Å². The summed E-state index contributed by atoms with van der Waals surface area (Å²) in [5.41, 5.74) is 6.34. The van der Waals surface area contributed by atoms with Crippen LogP contribution in [0.2, 0.25) is 0 Å². The fraction of sp³-hybridized carbons (Fsp3) is 0.462. The minimum Gasteiger partial charge on any atom is -0.379 e. The van der Waals surface area contributed by atoms with Gasteiger partial charge in [0.2, 0.25) is 5.91 Å². The molecule has 18 heavy (non-hydrogen) atoms. The first-order chi connectivity index (χ1) is 8.52. The third-order valence-electron chi connectivity index (χ3n) is 3.38. The van der Waals surface area contributed by atoms with Gasteiger partial charge in [-0.2, -0.15) is 0 Å². The lowest BCUT2D eigenvalue weighted by molar-refractivity contribution is -0.130. The molecule has 0 aromatic heterocycles. The molecule has 0 bridgehead atoms. The van der Waals surface area contributed by atoms with Gasteiger partial charge in [-0.15, -0.1) is 0 Å². The average Bonchev–Trinajstić information content (AvgIpc) is 2.68. The van der Waals surface area contributed by atoms with Crippen molar-refractivity contribution in [3.8, 4) is 0 Å². The Hall–Kier alpha value is -0.910. The molecule has 2 unspecified atom stereocenters. The molecule has 1 saturated heterocycles. The summed E-state index contributed by atoms with van der Waals surface area (Å²) in [5.74, 6) is -0.0486. The summed E-state index contributed by atoms with van der Waals surface area (Å²) in [4.78, 5) is 12.2. The molecule has 1 amide bonds. The van der Waals surface area contributed by atoms with Crippen molar-refractivity contribution in [3.05, 3.63) is 34.3 Å². The molecule has 1 aromatic rings. The smallest absolute Gasteiger partial charge is 0.230 e. The van der Waals surface area contributed by atoms with E-state index < -0.39 is 5.41 Å². The number of benzene rings is 1. The topological polar surface area (TPSA) is 64.3 Å². The molecule has 0 aliphatic carbocycles. The SMILES string of the molecule is CC1(C(=O)NCc2cccc(Br)c2)COCC1N. The van der Waals surface area contributed by atoms with Crippen LogP contribution in [0.25, 0.3) is 0 Å². The van der Waals surface area contributed by atoms with E-state index in [0.29, 0.717) is 19.8 Å². The standard InChI is InChI=1S/C13H17BrN2O2/c1-13(8-18-7-11(13)15)12(17)16-6-9-3-2-4-10(14)5-9/h2-5,11H,6-8,15H2,1H3,(H,16,17). The zero-order chi connectivity index (χ0) is 13.2. The van der Waals surface area contributed by atoms with Gasteiger partial charge in [0.1, 0.15) is 0 Å². The van der Waals surface area contributed by atoms with Crippen LogP contribution in [0.1, 0.15) is 12.5 Å². The number of nitrogens with two attached hydrogens (primary N) is 1. The zero-order valence-electron chi connectivity index (χ0n) is 10.3. The Morgan fingerprint density at radius 3 is 3.06 bits per heavy atom. The lowest BCUT2D eigenvalue weighted by atomic mass is 9.85. The highest BCUT2D eigenvalue weighted by atomic mass is 79.9. The maximum absolute atomic E-state index is 12.2. The summed E-state index contributed by atoms with van der Waals surface area (Å²) in [6.07, 6.45) is 0. The van der Waals surface area contributed by atoms with E-state index in [2.05, 4.69) is 21.2 Å². The van der Waals surface area contributed by atoms with Crippen molar-refractivity contribution in [2.45, 2.75) is 19.5 Å². The second-order valence-electron chi connectivity index (χ2n) is 4.85. The number of halogens is 1. The lowest BCUT2D eigenvalue weighted by Gasteiger charge is -2.25. The first-order valence-corrected chi connectivity index (χ1v) is 6.68. The molecule has 2 atom stereocenters. The Labute approximate surface area is 115 Å². The summed E-state index contributed by atoms with van der Waals surface area (Å²) in [7, 11) is 0. The van der Waals surface area contributed by atoms with Crippen LogP contribution < -0.4 is 11.1 Å². The zero-order valence-corrected chi connectivity index (χ0v) is 11.9. The fourth-order valence-electron chi connectivity index (χ4n) is 1.95. The number of amides is 1. The molecule has 0 spiro atoms. The molecule has 1 aliphatic rings. The average molecular weight is 313 g/mol. The van der Waals surface area contributed by atoms with Crippen LogP contribution in [-0.2, 0) is 16.1 Å². The molecule has 1 aliphatic heterocycles. The highest BCUT2D eigenvalue weighted by Gasteiger charge is 2.44. The van der Waals surface area contributed by atoms with Gasteiger partial charge in [-0.25, -0.2) is 0 Å². The number of carbonyl (C=O) groups excluding carboxylic acids is 1. The number of nitrogens with one attached hydrogen (secondary N) is 1. The van der Waals surface area contributed by atoms with Crippen molar-refractivity contribution in [3.63, 3.8) is 0 Å². The monoisotopic (exact) mass is 312 g/mol. The first-order valence-electron chi connectivity index (χ1n) is 5.88. The van der Waals surface area contributed by atoms with Gasteiger partial charge < -0.3 is 15.8 Å². The highest BCUT2D eigenvalue weighted by Crippen LogP contribution is 2.27. The number of rotatable bonds is 3. The minimum absolute atomic E-state index is 0.0486. The molecule has 1 aromatic carbocycles. The lowest BCUT2D eigenvalue weighted by Crippen LogP contribution is -2.49. The van der Waals surface area contributed by atoms with Crippen LogP contribution in [0.5, 0.6) is 0 Å². The Balaban J connectivity index is 1.96. The number of hydrogen-bond donors (Lipinski definition) is 2. The molecular formula is C13H17BrN2O2. The van der Waals surface area contributed by atoms with Crippen LogP contribution in [0.4, 0.5) is 0 Å². The highest BCUT2D eigenvalue weighted by molar-refractivity contribution is 9.10. The quantitative estimate of drug-likeness (QED) is 0.887. The van der Waals surface area contributed by atoms with Crippen molar-refractivity contribution in [1.82, 2.24) is 5.32 Å². The van der Waals surface area contributed by atoms with E-state index in [9.17, 15) is 4.79 Å². The van der Waals surface area contributed by atoms with Crippen LogP contribution in [0.3, 0.4) is 0 Å². The molecule has 5 heteroatoms. The van der Waals surface area contributed by atoms with Gasteiger partial charge in [0, 0.05) is 17.1 Å². The van der Waals surface area contributed by atoms with E-state index in [1.54, 1.807) is 0 Å². The van der Waals surface area contributed by atoms with Gasteiger partial charge in [0.25, 0.3) is 0 Å². The largest absolute Gasteiger partial charge is 0.379 e. The normalized spacial score (nSPS) is 27.2. The Kier molecular flexibility index (Phi) is 4.04. The molecule has 0 saturated carbocycles.